The Morgan fingerprint density at radius 1 is 1.35 bits per heavy atom. The van der Waals surface area contributed by atoms with Gasteiger partial charge in [-0.15, -0.1) is 0 Å². The number of amides is 2. The lowest BCUT2D eigenvalue weighted by molar-refractivity contribution is -0.134. The number of nitrogens with zero attached hydrogens (tertiary/aromatic N) is 2. The van der Waals surface area contributed by atoms with Gasteiger partial charge in [-0.1, -0.05) is 0 Å². The molecule has 23 heavy (non-hydrogen) atoms. The number of fused-ring (bicyclic) bond motifs is 1. The minimum atomic E-state index is -0.287. The minimum absolute atomic E-state index is 0.0405. The second-order valence-electron chi connectivity index (χ2n) is 6.10. The van der Waals surface area contributed by atoms with Gasteiger partial charge < -0.3 is 14.5 Å². The summed E-state index contributed by atoms with van der Waals surface area (Å²) in [5.41, 5.74) is 1.61. The fourth-order valence-corrected chi connectivity index (χ4v) is 3.23. The zero-order valence-electron chi connectivity index (χ0n) is 13.3. The van der Waals surface area contributed by atoms with Crippen LogP contribution in [0.1, 0.15) is 25.3 Å². The molecule has 2 amide bonds. The number of hydrogen-bond donors (Lipinski definition) is 0. The van der Waals surface area contributed by atoms with Crippen LogP contribution in [-0.4, -0.2) is 49.1 Å². The van der Waals surface area contributed by atoms with Crippen LogP contribution in [0.25, 0.3) is 0 Å². The first-order chi connectivity index (χ1) is 11.1. The Labute approximate surface area is 135 Å². The van der Waals surface area contributed by atoms with E-state index in [0.717, 1.165) is 24.1 Å². The normalized spacial score (nSPS) is 21.8. The number of anilines is 1. The van der Waals surface area contributed by atoms with Crippen LogP contribution in [0.5, 0.6) is 0 Å². The molecule has 0 N–H and O–H groups in total. The lowest BCUT2D eigenvalue weighted by Crippen LogP contribution is -2.48. The molecule has 0 spiro atoms. The van der Waals surface area contributed by atoms with Crippen LogP contribution in [0.3, 0.4) is 0 Å². The Hall–Kier alpha value is -1.95. The van der Waals surface area contributed by atoms with E-state index in [0.29, 0.717) is 26.2 Å². The smallest absolute Gasteiger partial charge is 0.246 e. The number of rotatable bonds is 2. The third-order valence-corrected chi connectivity index (χ3v) is 4.49. The van der Waals surface area contributed by atoms with Crippen molar-refractivity contribution < 1.29 is 18.7 Å². The Bertz CT molecular complexity index is 620. The molecule has 0 bridgehead atoms. The van der Waals surface area contributed by atoms with E-state index in [9.17, 15) is 14.0 Å². The molecule has 1 unspecified atom stereocenters. The van der Waals surface area contributed by atoms with Crippen molar-refractivity contribution in [1.82, 2.24) is 4.90 Å². The molecule has 3 rings (SSSR count). The van der Waals surface area contributed by atoms with Crippen molar-refractivity contribution in [2.45, 2.75) is 32.2 Å². The van der Waals surface area contributed by atoms with E-state index in [4.69, 9.17) is 4.74 Å². The summed E-state index contributed by atoms with van der Waals surface area (Å²) in [4.78, 5) is 28.1. The molecule has 5 nitrogen and oxygen atoms in total. The van der Waals surface area contributed by atoms with Crippen molar-refractivity contribution in [2.75, 3.05) is 31.2 Å². The Kier molecular flexibility index (Phi) is 4.61. The van der Waals surface area contributed by atoms with Gasteiger partial charge in [0.1, 0.15) is 12.4 Å². The second-order valence-corrected chi connectivity index (χ2v) is 6.10. The highest BCUT2D eigenvalue weighted by Gasteiger charge is 2.30. The molecule has 2 aliphatic heterocycles. The largest absolute Gasteiger partial charge is 0.379 e. The molecule has 2 heterocycles. The molecule has 0 aliphatic carbocycles. The summed E-state index contributed by atoms with van der Waals surface area (Å²) in [6.45, 7) is 3.33. The summed E-state index contributed by atoms with van der Waals surface area (Å²) in [7, 11) is 0. The van der Waals surface area contributed by atoms with E-state index >= 15 is 0 Å². The standard InChI is InChI=1S/C17H21FN2O3/c1-12-2-3-13-10-14(18)4-5-15(13)20(12)17(22)11-19-7-9-23-8-6-16(19)21/h4-5,10,12H,2-3,6-9,11H2,1H3. The van der Waals surface area contributed by atoms with E-state index < -0.39 is 0 Å². The molecule has 6 heteroatoms. The van der Waals surface area contributed by atoms with Gasteiger partial charge in [-0.3, -0.25) is 9.59 Å². The molecule has 1 saturated heterocycles. The van der Waals surface area contributed by atoms with Gasteiger partial charge in [0.25, 0.3) is 0 Å². The Morgan fingerprint density at radius 2 is 2.17 bits per heavy atom. The number of aryl methyl sites for hydroxylation is 1. The van der Waals surface area contributed by atoms with Crippen LogP contribution in [0.2, 0.25) is 0 Å². The quantitative estimate of drug-likeness (QED) is 0.834. The summed E-state index contributed by atoms with van der Waals surface area (Å²) >= 11 is 0. The molecular formula is C17H21FN2O3. The monoisotopic (exact) mass is 320 g/mol. The van der Waals surface area contributed by atoms with Gasteiger partial charge in [0.2, 0.25) is 11.8 Å². The first kappa shape index (κ1) is 15.9. The number of carbonyl (C=O) groups is 2. The van der Waals surface area contributed by atoms with E-state index in [1.54, 1.807) is 15.9 Å². The maximum atomic E-state index is 13.4. The molecule has 1 atom stereocenters. The van der Waals surface area contributed by atoms with Gasteiger partial charge in [-0.2, -0.15) is 0 Å². The van der Waals surface area contributed by atoms with Crippen molar-refractivity contribution in [3.05, 3.63) is 29.6 Å². The maximum absolute atomic E-state index is 13.4. The number of ether oxygens (including phenoxy) is 1. The average molecular weight is 320 g/mol. The molecule has 1 aromatic rings. The fourth-order valence-electron chi connectivity index (χ4n) is 3.23. The molecule has 124 valence electrons. The van der Waals surface area contributed by atoms with Crippen LogP contribution in [-0.2, 0) is 20.7 Å². The number of benzene rings is 1. The Balaban J connectivity index is 1.80. The number of carbonyl (C=O) groups excluding carboxylic acids is 2. The van der Waals surface area contributed by atoms with Crippen molar-refractivity contribution in [3.63, 3.8) is 0 Å². The summed E-state index contributed by atoms with van der Waals surface area (Å²) in [5, 5.41) is 0. The van der Waals surface area contributed by atoms with E-state index in [-0.39, 0.29) is 30.2 Å². The second kappa shape index (κ2) is 6.66. The van der Waals surface area contributed by atoms with Crippen LogP contribution in [0.4, 0.5) is 10.1 Å². The zero-order valence-corrected chi connectivity index (χ0v) is 13.3. The SMILES string of the molecule is CC1CCc2cc(F)ccc2N1C(=O)CN1CCOCCC1=O. The zero-order chi connectivity index (χ0) is 16.4. The van der Waals surface area contributed by atoms with Crippen molar-refractivity contribution in [2.24, 2.45) is 0 Å². The average Bonchev–Trinajstić information content (AvgIpc) is 2.72. The van der Waals surface area contributed by atoms with Gasteiger partial charge in [0, 0.05) is 18.3 Å². The van der Waals surface area contributed by atoms with Crippen LogP contribution in [0, 0.1) is 5.82 Å². The first-order valence-corrected chi connectivity index (χ1v) is 8.02. The third-order valence-electron chi connectivity index (χ3n) is 4.49. The predicted octanol–water partition coefficient (Wildman–Crippen LogP) is 1.74. The third kappa shape index (κ3) is 3.37. The van der Waals surface area contributed by atoms with E-state index in [1.165, 1.54) is 12.1 Å². The number of hydrogen-bond acceptors (Lipinski definition) is 3. The molecule has 1 fully saturated rings. The van der Waals surface area contributed by atoms with Gasteiger partial charge in [0.05, 0.1) is 19.6 Å². The highest BCUT2D eigenvalue weighted by Crippen LogP contribution is 2.31. The summed E-state index contributed by atoms with van der Waals surface area (Å²) < 4.78 is 18.7. The van der Waals surface area contributed by atoms with Crippen LogP contribution < -0.4 is 4.90 Å². The lowest BCUT2D eigenvalue weighted by atomic mass is 9.96. The van der Waals surface area contributed by atoms with E-state index in [1.807, 2.05) is 6.92 Å². The van der Waals surface area contributed by atoms with Crippen molar-refractivity contribution in [1.29, 1.82) is 0 Å². The van der Waals surface area contributed by atoms with Gasteiger partial charge in [-0.05, 0) is 43.5 Å². The number of halogens is 1. The summed E-state index contributed by atoms with van der Waals surface area (Å²) in [6.07, 6.45) is 1.86. The summed E-state index contributed by atoms with van der Waals surface area (Å²) in [5.74, 6) is -0.467. The fraction of sp³-hybridized carbons (Fsp3) is 0.529. The van der Waals surface area contributed by atoms with Gasteiger partial charge in [-0.25, -0.2) is 4.39 Å². The molecule has 2 aliphatic rings. The van der Waals surface area contributed by atoms with Crippen LogP contribution >= 0.6 is 0 Å². The van der Waals surface area contributed by atoms with Crippen molar-refractivity contribution in [3.8, 4) is 0 Å². The lowest BCUT2D eigenvalue weighted by Gasteiger charge is -2.36. The van der Waals surface area contributed by atoms with E-state index in [2.05, 4.69) is 0 Å². The van der Waals surface area contributed by atoms with Crippen LogP contribution in [0.15, 0.2) is 18.2 Å². The topological polar surface area (TPSA) is 49.9 Å². The highest BCUT2D eigenvalue weighted by atomic mass is 19.1. The molecular weight excluding hydrogens is 299 g/mol. The minimum Gasteiger partial charge on any atom is -0.379 e. The summed E-state index contributed by atoms with van der Waals surface area (Å²) in [6, 6.07) is 4.57. The first-order valence-electron chi connectivity index (χ1n) is 8.02. The molecule has 0 radical (unpaired) electrons. The van der Waals surface area contributed by atoms with Crippen molar-refractivity contribution >= 4 is 17.5 Å². The maximum Gasteiger partial charge on any atom is 0.246 e. The predicted molar refractivity (Wildman–Crippen MR) is 83.7 cm³/mol. The van der Waals surface area contributed by atoms with Gasteiger partial charge >= 0.3 is 0 Å². The molecule has 0 aromatic heterocycles. The highest BCUT2D eigenvalue weighted by molar-refractivity contribution is 5.98. The molecule has 1 aromatic carbocycles. The molecule has 0 saturated carbocycles. The van der Waals surface area contributed by atoms with Gasteiger partial charge in [0.15, 0.2) is 0 Å². The Morgan fingerprint density at radius 3 is 3.00 bits per heavy atom.